The van der Waals surface area contributed by atoms with E-state index in [1.807, 2.05) is 0 Å². The lowest BCUT2D eigenvalue weighted by Crippen LogP contribution is -2.60. The Balaban J connectivity index is 2.04. The summed E-state index contributed by atoms with van der Waals surface area (Å²) in [7, 11) is 0. The summed E-state index contributed by atoms with van der Waals surface area (Å²) in [5.74, 6) is 0.675. The van der Waals surface area contributed by atoms with Crippen LogP contribution in [0, 0.1) is 5.92 Å². The van der Waals surface area contributed by atoms with Crippen molar-refractivity contribution >= 4 is 0 Å². The third-order valence-electron chi connectivity index (χ3n) is 5.93. The molecule has 2 heteroatoms. The van der Waals surface area contributed by atoms with Crippen molar-refractivity contribution in [2.75, 3.05) is 0 Å². The Morgan fingerprint density at radius 2 is 1.05 bits per heavy atom. The first-order valence-electron chi connectivity index (χ1n) is 9.28. The highest BCUT2D eigenvalue weighted by Crippen LogP contribution is 2.36. The van der Waals surface area contributed by atoms with Crippen LogP contribution >= 0.6 is 0 Å². The normalized spacial score (nSPS) is 36.0. The van der Waals surface area contributed by atoms with Gasteiger partial charge in [0.15, 0.2) is 0 Å². The maximum absolute atomic E-state index is 6.96. The van der Waals surface area contributed by atoms with Gasteiger partial charge in [-0.25, -0.2) is 0 Å². The first-order valence-corrected chi connectivity index (χ1v) is 9.28. The molecule has 2 unspecified atom stereocenters. The third-order valence-corrected chi connectivity index (χ3v) is 5.93. The van der Waals surface area contributed by atoms with E-state index in [0.29, 0.717) is 5.92 Å². The van der Waals surface area contributed by atoms with E-state index in [2.05, 4.69) is 0 Å². The van der Waals surface area contributed by atoms with Gasteiger partial charge in [-0.1, -0.05) is 70.6 Å². The molecule has 0 aliphatic heterocycles. The van der Waals surface area contributed by atoms with Crippen LogP contribution in [0.5, 0.6) is 0 Å². The van der Waals surface area contributed by atoms with E-state index in [-0.39, 0.29) is 11.6 Å². The van der Waals surface area contributed by atoms with Gasteiger partial charge >= 0.3 is 0 Å². The molecule has 0 heterocycles. The van der Waals surface area contributed by atoms with E-state index >= 15 is 0 Å². The second-order valence-corrected chi connectivity index (χ2v) is 7.42. The van der Waals surface area contributed by atoms with Crippen LogP contribution in [0.25, 0.3) is 0 Å². The Hall–Kier alpha value is -0.0800. The van der Waals surface area contributed by atoms with Gasteiger partial charge in [0.25, 0.3) is 0 Å². The zero-order valence-electron chi connectivity index (χ0n) is 13.4. The molecule has 2 rings (SSSR count). The average molecular weight is 280 g/mol. The van der Waals surface area contributed by atoms with Gasteiger partial charge < -0.3 is 11.5 Å². The van der Waals surface area contributed by atoms with Crippen molar-refractivity contribution in [2.24, 2.45) is 17.4 Å². The molecule has 118 valence electrons. The monoisotopic (exact) mass is 280 g/mol. The van der Waals surface area contributed by atoms with E-state index in [0.717, 1.165) is 6.42 Å². The van der Waals surface area contributed by atoms with Gasteiger partial charge in [-0.05, 0) is 31.6 Å². The van der Waals surface area contributed by atoms with Gasteiger partial charge in [0.1, 0.15) is 0 Å². The van der Waals surface area contributed by atoms with E-state index in [1.165, 1.54) is 89.9 Å². The molecule has 2 aliphatic rings. The Labute approximate surface area is 126 Å². The lowest BCUT2D eigenvalue weighted by Gasteiger charge is -2.42. The van der Waals surface area contributed by atoms with Gasteiger partial charge in [-0.2, -0.15) is 0 Å². The molecule has 4 N–H and O–H groups in total. The summed E-state index contributed by atoms with van der Waals surface area (Å²) >= 11 is 0. The van der Waals surface area contributed by atoms with Crippen molar-refractivity contribution in [3.8, 4) is 0 Å². The van der Waals surface area contributed by atoms with Crippen LogP contribution in [0.15, 0.2) is 0 Å². The molecule has 2 aliphatic carbocycles. The van der Waals surface area contributed by atoms with Crippen LogP contribution in [0.1, 0.15) is 96.3 Å². The number of nitrogens with two attached hydrogens (primary N) is 2. The largest absolute Gasteiger partial charge is 0.326 e. The maximum atomic E-state index is 6.96. The van der Waals surface area contributed by atoms with Crippen LogP contribution in [0.4, 0.5) is 0 Å². The highest BCUT2D eigenvalue weighted by atomic mass is 14.9. The lowest BCUT2D eigenvalue weighted by atomic mass is 9.70. The molecular weight excluding hydrogens is 244 g/mol. The second-order valence-electron chi connectivity index (χ2n) is 7.42. The van der Waals surface area contributed by atoms with Gasteiger partial charge in [-0.3, -0.25) is 0 Å². The molecule has 0 radical (unpaired) electrons. The molecule has 0 bridgehead atoms. The van der Waals surface area contributed by atoms with Crippen LogP contribution in [0.2, 0.25) is 0 Å². The highest BCUT2D eigenvalue weighted by Gasteiger charge is 2.39. The molecule has 2 nitrogen and oxygen atoms in total. The Morgan fingerprint density at radius 1 is 0.600 bits per heavy atom. The fourth-order valence-electron chi connectivity index (χ4n) is 4.46. The van der Waals surface area contributed by atoms with Crippen LogP contribution in [-0.4, -0.2) is 11.6 Å². The molecule has 0 aromatic rings. The smallest absolute Gasteiger partial charge is 0.0336 e. The Kier molecular flexibility index (Phi) is 6.83. The fraction of sp³-hybridized carbons (Fsp3) is 1.00. The number of rotatable bonds is 1. The number of hydrogen-bond donors (Lipinski definition) is 2. The van der Waals surface area contributed by atoms with E-state index < -0.39 is 0 Å². The van der Waals surface area contributed by atoms with E-state index in [1.54, 1.807) is 0 Å². The predicted octanol–water partition coefficient (Wildman–Crippen LogP) is 4.51. The summed E-state index contributed by atoms with van der Waals surface area (Å²) < 4.78 is 0. The van der Waals surface area contributed by atoms with Crippen molar-refractivity contribution in [3.05, 3.63) is 0 Å². The minimum atomic E-state index is -0.0747. The standard InChI is InChI=1S/C18H36N2/c19-17-14-10-6-3-7-11-15-18(17,20)16-12-8-4-1-2-5-9-13-16/h16-17H,1-15,19-20H2. The van der Waals surface area contributed by atoms with Crippen LogP contribution in [0.3, 0.4) is 0 Å². The number of hydrogen-bond acceptors (Lipinski definition) is 2. The average Bonchev–Trinajstić information content (AvgIpc) is 2.63. The van der Waals surface area contributed by atoms with Gasteiger partial charge in [0.05, 0.1) is 0 Å². The highest BCUT2D eigenvalue weighted by molar-refractivity contribution is 5.00. The summed E-state index contributed by atoms with van der Waals surface area (Å²) in [6.07, 6.45) is 20.0. The van der Waals surface area contributed by atoms with Crippen LogP contribution in [-0.2, 0) is 0 Å². The van der Waals surface area contributed by atoms with Gasteiger partial charge in [0, 0.05) is 11.6 Å². The first-order chi connectivity index (χ1) is 9.73. The minimum absolute atomic E-state index is 0.0747. The molecule has 0 amide bonds. The summed E-state index contributed by atoms with van der Waals surface area (Å²) in [4.78, 5) is 0. The van der Waals surface area contributed by atoms with E-state index in [9.17, 15) is 0 Å². The minimum Gasteiger partial charge on any atom is -0.326 e. The van der Waals surface area contributed by atoms with Crippen molar-refractivity contribution < 1.29 is 0 Å². The topological polar surface area (TPSA) is 52.0 Å². The molecule has 2 fully saturated rings. The molecule has 2 atom stereocenters. The van der Waals surface area contributed by atoms with Crippen molar-refractivity contribution in [1.82, 2.24) is 0 Å². The molecular formula is C18H36N2. The molecule has 0 saturated heterocycles. The van der Waals surface area contributed by atoms with E-state index in [4.69, 9.17) is 11.5 Å². The lowest BCUT2D eigenvalue weighted by molar-refractivity contribution is 0.172. The Morgan fingerprint density at radius 3 is 1.65 bits per heavy atom. The fourth-order valence-corrected chi connectivity index (χ4v) is 4.46. The quantitative estimate of drug-likeness (QED) is 0.742. The summed E-state index contributed by atoms with van der Waals surface area (Å²) in [5.41, 5.74) is 13.5. The third kappa shape index (κ3) is 4.46. The van der Waals surface area contributed by atoms with Crippen molar-refractivity contribution in [1.29, 1.82) is 0 Å². The summed E-state index contributed by atoms with van der Waals surface area (Å²) in [6, 6.07) is 0.228. The predicted molar refractivity (Wildman–Crippen MR) is 87.6 cm³/mol. The molecule has 20 heavy (non-hydrogen) atoms. The van der Waals surface area contributed by atoms with Crippen molar-refractivity contribution in [3.63, 3.8) is 0 Å². The molecule has 0 spiro atoms. The van der Waals surface area contributed by atoms with Crippen molar-refractivity contribution in [2.45, 2.75) is 108 Å². The summed E-state index contributed by atoms with van der Waals surface area (Å²) in [6.45, 7) is 0. The maximum Gasteiger partial charge on any atom is 0.0336 e. The van der Waals surface area contributed by atoms with Crippen LogP contribution < -0.4 is 11.5 Å². The van der Waals surface area contributed by atoms with Gasteiger partial charge in [-0.15, -0.1) is 0 Å². The first kappa shape index (κ1) is 16.3. The Bertz CT molecular complexity index is 256. The zero-order valence-corrected chi connectivity index (χ0v) is 13.4. The molecule has 0 aromatic heterocycles. The molecule has 0 aromatic carbocycles. The van der Waals surface area contributed by atoms with Gasteiger partial charge in [0.2, 0.25) is 0 Å². The SMILES string of the molecule is NC1CCCCCCCC1(N)C1CCCCCCCC1. The summed E-state index contributed by atoms with van der Waals surface area (Å²) in [5, 5.41) is 0. The molecule has 2 saturated carbocycles. The zero-order chi connectivity index (χ0) is 14.3. The second kappa shape index (κ2) is 8.38.